The van der Waals surface area contributed by atoms with E-state index in [0.29, 0.717) is 35.7 Å². The molecule has 0 saturated carbocycles. The third-order valence-electron chi connectivity index (χ3n) is 5.64. The van der Waals surface area contributed by atoms with Crippen molar-refractivity contribution in [2.75, 3.05) is 30.5 Å². The fraction of sp³-hybridized carbons (Fsp3) is 0.385. The second-order valence-electron chi connectivity index (χ2n) is 9.10. The van der Waals surface area contributed by atoms with Crippen LogP contribution in [-0.4, -0.2) is 63.8 Å². The van der Waals surface area contributed by atoms with Crippen molar-refractivity contribution >= 4 is 29.4 Å². The second-order valence-corrected chi connectivity index (χ2v) is 9.97. The van der Waals surface area contributed by atoms with E-state index in [1.54, 1.807) is 36.5 Å². The van der Waals surface area contributed by atoms with E-state index in [4.69, 9.17) is 9.47 Å². The normalized spacial score (nSPS) is 15.0. The van der Waals surface area contributed by atoms with Crippen LogP contribution in [0.3, 0.4) is 0 Å². The molecule has 1 aliphatic heterocycles. The van der Waals surface area contributed by atoms with Crippen molar-refractivity contribution in [1.82, 2.24) is 20.1 Å². The number of anilines is 1. The molecular formula is C26H29F2N5O4S. The Kier molecular flexibility index (Phi) is 8.50. The van der Waals surface area contributed by atoms with Gasteiger partial charge in [0, 0.05) is 38.1 Å². The van der Waals surface area contributed by atoms with Crippen LogP contribution >= 0.6 is 11.8 Å². The lowest BCUT2D eigenvalue weighted by Gasteiger charge is -2.23. The van der Waals surface area contributed by atoms with Crippen molar-refractivity contribution < 1.29 is 27.8 Å². The molecule has 3 aromatic rings. The zero-order chi connectivity index (χ0) is 27.3. The van der Waals surface area contributed by atoms with Gasteiger partial charge >= 0.3 is 0 Å². The highest BCUT2D eigenvalue weighted by Gasteiger charge is 2.33. The largest absolute Gasteiger partial charge is 0.493 e. The lowest BCUT2D eigenvalue weighted by Crippen LogP contribution is -2.42. The third-order valence-corrected chi connectivity index (χ3v) is 6.19. The molecule has 38 heavy (non-hydrogen) atoms. The zero-order valence-corrected chi connectivity index (χ0v) is 22.1. The Balaban J connectivity index is 1.45. The van der Waals surface area contributed by atoms with Crippen molar-refractivity contribution in [2.24, 2.45) is 0 Å². The van der Waals surface area contributed by atoms with E-state index in [0.717, 1.165) is 12.5 Å². The van der Waals surface area contributed by atoms with E-state index >= 15 is 0 Å². The average molecular weight is 546 g/mol. The topological polar surface area (TPSA) is 107 Å². The molecule has 2 aromatic heterocycles. The van der Waals surface area contributed by atoms with Crippen LogP contribution in [0.1, 0.15) is 35.0 Å². The average Bonchev–Trinajstić information content (AvgIpc) is 3.21. The van der Waals surface area contributed by atoms with Gasteiger partial charge in [0.05, 0.1) is 18.1 Å². The number of fused-ring (bicyclic) bond motifs is 1. The molecule has 202 valence electrons. The van der Waals surface area contributed by atoms with E-state index in [-0.39, 0.29) is 41.8 Å². The number of alkyl halides is 2. The Bertz CT molecular complexity index is 1290. The van der Waals surface area contributed by atoms with Gasteiger partial charge in [0.15, 0.2) is 18.2 Å². The number of carbonyl (C=O) groups is 2. The standard InChI is InChI=1S/C26H29F2N5O4S/c1-16-7-8-21(29-13-16)33-24(31-22(34)14-38-3)23-20(32-33)11-17(30-25(23)35)9-10-36-18-5-4-6-19(12-18)37-15-26(2,27)28/h4-8,12-13,17H,9-11,14-15H2,1-3H3,(H,30,35)(H,31,34). The molecule has 1 aromatic carbocycles. The molecule has 4 rings (SSSR count). The summed E-state index contributed by atoms with van der Waals surface area (Å²) in [6.07, 6.45) is 4.42. The van der Waals surface area contributed by atoms with Gasteiger partial charge in [-0.1, -0.05) is 12.1 Å². The summed E-state index contributed by atoms with van der Waals surface area (Å²) in [5.74, 6) is -1.76. The van der Waals surface area contributed by atoms with Crippen LogP contribution in [-0.2, 0) is 11.2 Å². The monoisotopic (exact) mass is 545 g/mol. The van der Waals surface area contributed by atoms with Crippen LogP contribution in [0, 0.1) is 6.92 Å². The summed E-state index contributed by atoms with van der Waals surface area (Å²) < 4.78 is 38.5. The molecule has 1 aliphatic rings. The van der Waals surface area contributed by atoms with Gasteiger partial charge in [-0.2, -0.15) is 21.5 Å². The number of hydrogen-bond acceptors (Lipinski definition) is 7. The number of carbonyl (C=O) groups excluding carboxylic acids is 2. The van der Waals surface area contributed by atoms with Crippen LogP contribution in [0.25, 0.3) is 5.82 Å². The number of hydrogen-bond donors (Lipinski definition) is 2. The van der Waals surface area contributed by atoms with Crippen molar-refractivity contribution in [2.45, 2.75) is 38.7 Å². The van der Waals surface area contributed by atoms with Gasteiger partial charge < -0.3 is 20.1 Å². The fourth-order valence-corrected chi connectivity index (χ4v) is 4.24. The number of benzene rings is 1. The number of pyridine rings is 1. The summed E-state index contributed by atoms with van der Waals surface area (Å²) in [7, 11) is 0. The molecule has 12 heteroatoms. The molecule has 0 aliphatic carbocycles. The summed E-state index contributed by atoms with van der Waals surface area (Å²) in [5, 5.41) is 10.4. The molecule has 0 fully saturated rings. The fourth-order valence-electron chi connectivity index (χ4n) is 3.91. The van der Waals surface area contributed by atoms with Crippen LogP contribution in [0.4, 0.5) is 14.6 Å². The molecule has 9 nitrogen and oxygen atoms in total. The van der Waals surface area contributed by atoms with Crippen LogP contribution in [0.15, 0.2) is 42.6 Å². The first kappa shape index (κ1) is 27.4. The first-order chi connectivity index (χ1) is 18.1. The Morgan fingerprint density at radius 3 is 2.71 bits per heavy atom. The lowest BCUT2D eigenvalue weighted by molar-refractivity contribution is -0.113. The highest BCUT2D eigenvalue weighted by atomic mass is 32.2. The molecule has 2 N–H and O–H groups in total. The molecule has 1 unspecified atom stereocenters. The first-order valence-electron chi connectivity index (χ1n) is 12.0. The molecule has 2 amide bonds. The minimum absolute atomic E-state index is 0.232. The number of nitrogens with zero attached hydrogens (tertiary/aromatic N) is 3. The second kappa shape index (κ2) is 11.8. The maximum Gasteiger partial charge on any atom is 0.278 e. The minimum atomic E-state index is -2.94. The number of thioether (sulfide) groups is 1. The van der Waals surface area contributed by atoms with E-state index in [2.05, 4.69) is 20.7 Å². The Hall–Kier alpha value is -3.67. The van der Waals surface area contributed by atoms with Crippen LogP contribution in [0.5, 0.6) is 11.5 Å². The molecule has 1 atom stereocenters. The number of aromatic nitrogens is 3. The third kappa shape index (κ3) is 7.00. The highest BCUT2D eigenvalue weighted by Crippen LogP contribution is 2.28. The molecule has 0 saturated heterocycles. The van der Waals surface area contributed by atoms with Crippen molar-refractivity contribution in [3.63, 3.8) is 0 Å². The zero-order valence-electron chi connectivity index (χ0n) is 21.3. The van der Waals surface area contributed by atoms with Gasteiger partial charge in [0.2, 0.25) is 5.91 Å². The molecular weight excluding hydrogens is 516 g/mol. The highest BCUT2D eigenvalue weighted by molar-refractivity contribution is 7.99. The van der Waals surface area contributed by atoms with Crippen molar-refractivity contribution in [3.05, 3.63) is 59.4 Å². The van der Waals surface area contributed by atoms with Gasteiger partial charge in [-0.25, -0.2) is 13.8 Å². The number of nitrogens with one attached hydrogen (secondary N) is 2. The summed E-state index contributed by atoms with van der Waals surface area (Å²) in [4.78, 5) is 29.9. The van der Waals surface area contributed by atoms with E-state index in [1.165, 1.54) is 16.4 Å². The molecule has 0 bridgehead atoms. The minimum Gasteiger partial charge on any atom is -0.493 e. The number of rotatable bonds is 11. The number of amides is 2. The molecule has 0 spiro atoms. The van der Waals surface area contributed by atoms with Gasteiger partial charge in [-0.3, -0.25) is 9.59 Å². The van der Waals surface area contributed by atoms with Crippen molar-refractivity contribution in [3.8, 4) is 17.3 Å². The SMILES string of the molecule is CSCC(=O)Nc1c2c(nn1-c1ccc(C)cn1)CC(CCOc1cccc(OCC(C)(F)F)c1)NC2=O. The first-order valence-corrected chi connectivity index (χ1v) is 13.4. The Labute approximate surface area is 223 Å². The van der Waals surface area contributed by atoms with Crippen LogP contribution in [0.2, 0.25) is 0 Å². The van der Waals surface area contributed by atoms with Gasteiger partial charge in [0.25, 0.3) is 11.8 Å². The summed E-state index contributed by atoms with van der Waals surface area (Å²) in [6.45, 7) is 2.25. The predicted octanol–water partition coefficient (Wildman–Crippen LogP) is 4.03. The number of halogens is 2. The summed E-state index contributed by atoms with van der Waals surface area (Å²) >= 11 is 1.37. The summed E-state index contributed by atoms with van der Waals surface area (Å²) in [6, 6.07) is 9.89. The number of aryl methyl sites for hydroxylation is 1. The maximum atomic E-state index is 13.1. The lowest BCUT2D eigenvalue weighted by atomic mass is 9.99. The van der Waals surface area contributed by atoms with Gasteiger partial charge in [-0.05, 0) is 36.9 Å². The quantitative estimate of drug-likeness (QED) is 0.375. The smallest absolute Gasteiger partial charge is 0.278 e. The Morgan fingerprint density at radius 1 is 1.26 bits per heavy atom. The van der Waals surface area contributed by atoms with Crippen molar-refractivity contribution in [1.29, 1.82) is 0 Å². The van der Waals surface area contributed by atoms with E-state index in [1.807, 2.05) is 19.2 Å². The molecule has 3 heterocycles. The predicted molar refractivity (Wildman–Crippen MR) is 141 cm³/mol. The Morgan fingerprint density at radius 2 is 2.03 bits per heavy atom. The molecule has 0 radical (unpaired) electrons. The summed E-state index contributed by atoms with van der Waals surface area (Å²) in [5.41, 5.74) is 1.84. The van der Waals surface area contributed by atoms with Crippen LogP contribution < -0.4 is 20.1 Å². The number of ether oxygens (including phenoxy) is 2. The maximum absolute atomic E-state index is 13.1. The van der Waals surface area contributed by atoms with Gasteiger partial charge in [0.1, 0.15) is 17.1 Å². The van der Waals surface area contributed by atoms with E-state index in [9.17, 15) is 18.4 Å². The van der Waals surface area contributed by atoms with E-state index < -0.39 is 12.5 Å². The van der Waals surface area contributed by atoms with Gasteiger partial charge in [-0.15, -0.1) is 0 Å².